The Morgan fingerprint density at radius 3 is 2.74 bits per heavy atom. The van der Waals surface area contributed by atoms with Crippen LogP contribution in [0.3, 0.4) is 0 Å². The molecule has 1 aliphatic rings. The van der Waals surface area contributed by atoms with Gasteiger partial charge in [0.2, 0.25) is 0 Å². The van der Waals surface area contributed by atoms with Gasteiger partial charge in [-0.25, -0.2) is 9.78 Å². The second kappa shape index (κ2) is 9.20. The highest BCUT2D eigenvalue weighted by Crippen LogP contribution is 2.13. The summed E-state index contributed by atoms with van der Waals surface area (Å²) in [6.07, 6.45) is 1.08. The number of thiazole rings is 1. The van der Waals surface area contributed by atoms with E-state index in [1.54, 1.807) is 11.3 Å². The number of nitrogens with zero attached hydrogens (tertiary/aromatic N) is 2. The third-order valence-corrected chi connectivity index (χ3v) is 4.84. The number of aryl methyl sites for hydroxylation is 1. The van der Waals surface area contributed by atoms with Crippen molar-refractivity contribution in [1.82, 2.24) is 20.5 Å². The number of amides is 2. The molecule has 2 N–H and O–H groups in total. The molecule has 0 bridgehead atoms. The molecule has 0 aromatic carbocycles. The van der Waals surface area contributed by atoms with Crippen LogP contribution in [0.25, 0.3) is 0 Å². The van der Waals surface area contributed by atoms with Crippen LogP contribution < -0.4 is 10.6 Å². The number of aromatic nitrogens is 1. The third-order valence-electron chi connectivity index (χ3n) is 3.87. The molecule has 130 valence electrons. The van der Waals surface area contributed by atoms with Gasteiger partial charge in [-0.1, -0.05) is 13.8 Å². The quantitative estimate of drug-likeness (QED) is 0.797. The van der Waals surface area contributed by atoms with Gasteiger partial charge < -0.3 is 15.4 Å². The van der Waals surface area contributed by atoms with Gasteiger partial charge in [0.05, 0.1) is 19.8 Å². The number of carbonyl (C=O) groups is 1. The first-order chi connectivity index (χ1) is 11.0. The highest BCUT2D eigenvalue weighted by atomic mass is 32.1. The molecule has 0 aliphatic carbocycles. The van der Waals surface area contributed by atoms with Crippen molar-refractivity contribution in [3.05, 3.63) is 16.1 Å². The van der Waals surface area contributed by atoms with Crippen molar-refractivity contribution >= 4 is 17.4 Å². The molecule has 0 saturated carbocycles. The maximum Gasteiger partial charge on any atom is 0.315 e. The highest BCUT2D eigenvalue weighted by molar-refractivity contribution is 7.09. The van der Waals surface area contributed by atoms with Crippen molar-refractivity contribution in [2.75, 3.05) is 32.8 Å². The first-order valence-electron chi connectivity index (χ1n) is 8.29. The molecule has 1 aromatic rings. The van der Waals surface area contributed by atoms with E-state index in [1.165, 1.54) is 0 Å². The van der Waals surface area contributed by atoms with Crippen molar-refractivity contribution in [2.45, 2.75) is 39.8 Å². The third kappa shape index (κ3) is 6.45. The second-order valence-corrected chi connectivity index (χ2v) is 7.32. The van der Waals surface area contributed by atoms with Gasteiger partial charge in [-0.15, -0.1) is 11.3 Å². The van der Waals surface area contributed by atoms with E-state index in [4.69, 9.17) is 4.74 Å². The fraction of sp³-hybridized carbons (Fsp3) is 0.750. The minimum atomic E-state index is -0.125. The number of carbonyl (C=O) groups excluding carboxylic acids is 1. The number of hydrogen-bond donors (Lipinski definition) is 2. The summed E-state index contributed by atoms with van der Waals surface area (Å²) >= 11 is 1.57. The van der Waals surface area contributed by atoms with Gasteiger partial charge >= 0.3 is 6.03 Å². The van der Waals surface area contributed by atoms with Crippen LogP contribution >= 0.6 is 11.3 Å². The molecule has 1 atom stereocenters. The monoisotopic (exact) mass is 340 g/mol. The molecule has 0 radical (unpaired) electrons. The van der Waals surface area contributed by atoms with Gasteiger partial charge in [0.1, 0.15) is 5.01 Å². The summed E-state index contributed by atoms with van der Waals surface area (Å²) in [7, 11) is 0. The van der Waals surface area contributed by atoms with E-state index < -0.39 is 0 Å². The molecule has 2 heterocycles. The van der Waals surface area contributed by atoms with E-state index in [2.05, 4.69) is 34.4 Å². The summed E-state index contributed by atoms with van der Waals surface area (Å²) < 4.78 is 5.42. The van der Waals surface area contributed by atoms with Crippen LogP contribution in [0.2, 0.25) is 0 Å². The zero-order valence-corrected chi connectivity index (χ0v) is 15.1. The predicted molar refractivity (Wildman–Crippen MR) is 92.7 cm³/mol. The fourth-order valence-corrected chi connectivity index (χ4v) is 3.47. The maximum absolute atomic E-state index is 12.0. The maximum atomic E-state index is 12.0. The Labute approximate surface area is 142 Å². The Balaban J connectivity index is 1.76. The lowest BCUT2D eigenvalue weighted by molar-refractivity contribution is 0.0129. The Morgan fingerprint density at radius 1 is 1.39 bits per heavy atom. The first kappa shape index (κ1) is 18.2. The molecular formula is C16H28N4O2S. The van der Waals surface area contributed by atoms with Gasteiger partial charge in [-0.3, -0.25) is 4.90 Å². The Hall–Kier alpha value is -1.18. The van der Waals surface area contributed by atoms with Gasteiger partial charge in [-0.05, 0) is 19.3 Å². The molecule has 0 unspecified atom stereocenters. The Morgan fingerprint density at radius 2 is 2.13 bits per heavy atom. The standard InChI is InChI=1S/C16H28N4O2S/c1-12(2)8-14(20-4-6-22-7-5-20)9-17-16(21)18-10-15-19-13(3)11-23-15/h11-12,14H,4-10H2,1-3H3,(H2,17,18,21)/t14-/m1/s1. The van der Waals surface area contributed by atoms with Crippen LogP contribution in [-0.4, -0.2) is 54.8 Å². The number of nitrogens with one attached hydrogen (secondary N) is 2. The lowest BCUT2D eigenvalue weighted by Gasteiger charge is -2.35. The van der Waals surface area contributed by atoms with Gasteiger partial charge in [0.25, 0.3) is 0 Å². The molecule has 6 nitrogen and oxygen atoms in total. The molecule has 2 amide bonds. The SMILES string of the molecule is Cc1csc(CNC(=O)NC[C@@H](CC(C)C)N2CCOCC2)n1. The Kier molecular flexibility index (Phi) is 7.26. The molecule has 1 fully saturated rings. The number of rotatable bonds is 7. The summed E-state index contributed by atoms with van der Waals surface area (Å²) in [6, 6.07) is 0.242. The predicted octanol–water partition coefficient (Wildman–Crippen LogP) is 2.00. The zero-order valence-electron chi connectivity index (χ0n) is 14.3. The van der Waals surface area contributed by atoms with Crippen LogP contribution in [0.1, 0.15) is 31.0 Å². The number of hydrogen-bond acceptors (Lipinski definition) is 5. The first-order valence-corrected chi connectivity index (χ1v) is 9.17. The van der Waals surface area contributed by atoms with Crippen LogP contribution in [0, 0.1) is 12.8 Å². The lowest BCUT2D eigenvalue weighted by atomic mass is 10.0. The normalized spacial score (nSPS) is 17.2. The largest absolute Gasteiger partial charge is 0.379 e. The van der Waals surface area contributed by atoms with E-state index in [9.17, 15) is 4.79 Å². The highest BCUT2D eigenvalue weighted by Gasteiger charge is 2.22. The number of urea groups is 1. The average molecular weight is 340 g/mol. The van der Waals surface area contributed by atoms with Crippen LogP contribution in [-0.2, 0) is 11.3 Å². The summed E-state index contributed by atoms with van der Waals surface area (Å²) in [5.74, 6) is 0.603. The zero-order chi connectivity index (χ0) is 16.7. The van der Waals surface area contributed by atoms with Gasteiger partial charge in [0.15, 0.2) is 0 Å². The molecule has 1 aliphatic heterocycles. The van der Waals surface area contributed by atoms with E-state index in [-0.39, 0.29) is 6.03 Å². The minimum Gasteiger partial charge on any atom is -0.379 e. The van der Waals surface area contributed by atoms with Crippen LogP contribution in [0.4, 0.5) is 4.79 Å². The molecule has 7 heteroatoms. The van der Waals surface area contributed by atoms with Crippen molar-refractivity contribution in [2.24, 2.45) is 5.92 Å². The van der Waals surface area contributed by atoms with E-state index in [0.29, 0.717) is 25.0 Å². The topological polar surface area (TPSA) is 66.5 Å². The number of morpholine rings is 1. The molecule has 23 heavy (non-hydrogen) atoms. The summed E-state index contributed by atoms with van der Waals surface area (Å²) in [5.41, 5.74) is 0.997. The van der Waals surface area contributed by atoms with Crippen molar-refractivity contribution in [1.29, 1.82) is 0 Å². The van der Waals surface area contributed by atoms with Crippen LogP contribution in [0.15, 0.2) is 5.38 Å². The van der Waals surface area contributed by atoms with E-state index >= 15 is 0 Å². The van der Waals surface area contributed by atoms with E-state index in [1.807, 2.05) is 12.3 Å². The van der Waals surface area contributed by atoms with Crippen molar-refractivity contribution in [3.8, 4) is 0 Å². The van der Waals surface area contributed by atoms with E-state index in [0.717, 1.165) is 43.4 Å². The molecule has 2 rings (SSSR count). The summed E-state index contributed by atoms with van der Waals surface area (Å²) in [4.78, 5) is 18.8. The Bertz CT molecular complexity index is 486. The average Bonchev–Trinajstić information content (AvgIpc) is 2.95. The molecular weight excluding hydrogens is 312 g/mol. The fourth-order valence-electron chi connectivity index (χ4n) is 2.76. The van der Waals surface area contributed by atoms with Crippen molar-refractivity contribution in [3.63, 3.8) is 0 Å². The molecule has 0 spiro atoms. The van der Waals surface area contributed by atoms with Crippen LogP contribution in [0.5, 0.6) is 0 Å². The van der Waals surface area contributed by atoms with Gasteiger partial charge in [0, 0.05) is 36.8 Å². The minimum absolute atomic E-state index is 0.125. The summed E-state index contributed by atoms with van der Waals surface area (Å²) in [6.45, 7) is 11.0. The lowest BCUT2D eigenvalue weighted by Crippen LogP contribution is -2.50. The second-order valence-electron chi connectivity index (χ2n) is 6.38. The summed E-state index contributed by atoms with van der Waals surface area (Å²) in [5, 5.41) is 8.81. The molecule has 1 saturated heterocycles. The van der Waals surface area contributed by atoms with Crippen molar-refractivity contribution < 1.29 is 9.53 Å². The van der Waals surface area contributed by atoms with Gasteiger partial charge in [-0.2, -0.15) is 0 Å². The number of ether oxygens (including phenoxy) is 1. The molecule has 1 aromatic heterocycles. The smallest absolute Gasteiger partial charge is 0.315 e.